The second-order valence-corrected chi connectivity index (χ2v) is 6.33. The third-order valence-corrected chi connectivity index (χ3v) is 4.73. The SMILES string of the molecule is O=C(/C=C/C1(n2cc([N+](=O)[O-])c3ccccc32)CC1)c1ccccc1. The monoisotopic (exact) mass is 332 g/mol. The van der Waals surface area contributed by atoms with Crippen LogP contribution in [0.15, 0.2) is 72.9 Å². The number of nitrogens with zero attached hydrogens (tertiary/aromatic N) is 2. The maximum absolute atomic E-state index is 12.3. The van der Waals surface area contributed by atoms with E-state index in [0.29, 0.717) is 10.9 Å². The highest BCUT2D eigenvalue weighted by atomic mass is 16.6. The van der Waals surface area contributed by atoms with Gasteiger partial charge in [-0.2, -0.15) is 0 Å². The molecule has 1 aliphatic carbocycles. The molecule has 0 aliphatic heterocycles. The van der Waals surface area contributed by atoms with Crippen molar-refractivity contribution in [3.63, 3.8) is 0 Å². The van der Waals surface area contributed by atoms with Crippen molar-refractivity contribution in [3.05, 3.63) is 88.6 Å². The summed E-state index contributed by atoms with van der Waals surface area (Å²) in [6, 6.07) is 16.4. The lowest BCUT2D eigenvalue weighted by atomic mass is 10.1. The van der Waals surface area contributed by atoms with Crippen molar-refractivity contribution in [1.82, 2.24) is 4.57 Å². The van der Waals surface area contributed by atoms with E-state index in [-0.39, 0.29) is 21.9 Å². The van der Waals surface area contributed by atoms with E-state index in [4.69, 9.17) is 0 Å². The molecule has 1 aromatic heterocycles. The Hall–Kier alpha value is -3.21. The largest absolute Gasteiger partial charge is 0.331 e. The van der Waals surface area contributed by atoms with Crippen molar-refractivity contribution in [2.45, 2.75) is 18.4 Å². The highest BCUT2D eigenvalue weighted by Crippen LogP contribution is 2.48. The lowest BCUT2D eigenvalue weighted by Gasteiger charge is -2.14. The van der Waals surface area contributed by atoms with E-state index in [2.05, 4.69) is 0 Å². The van der Waals surface area contributed by atoms with Crippen LogP contribution < -0.4 is 0 Å². The molecule has 0 amide bonds. The highest BCUT2D eigenvalue weighted by molar-refractivity contribution is 6.04. The fourth-order valence-electron chi connectivity index (χ4n) is 3.22. The topological polar surface area (TPSA) is 65.1 Å². The van der Waals surface area contributed by atoms with Crippen molar-refractivity contribution in [3.8, 4) is 0 Å². The predicted octanol–water partition coefficient (Wildman–Crippen LogP) is 4.48. The van der Waals surface area contributed by atoms with E-state index in [1.54, 1.807) is 36.5 Å². The van der Waals surface area contributed by atoms with Gasteiger partial charge in [0.05, 0.1) is 27.6 Å². The molecule has 1 aliphatic rings. The molecule has 4 rings (SSSR count). The number of fused-ring (bicyclic) bond motifs is 1. The summed E-state index contributed by atoms with van der Waals surface area (Å²) in [5.41, 5.74) is 1.21. The average molecular weight is 332 g/mol. The highest BCUT2D eigenvalue weighted by Gasteiger charge is 2.44. The second-order valence-electron chi connectivity index (χ2n) is 6.33. The minimum Gasteiger partial charge on any atom is -0.331 e. The van der Waals surface area contributed by atoms with E-state index >= 15 is 0 Å². The summed E-state index contributed by atoms with van der Waals surface area (Å²) in [4.78, 5) is 23.3. The number of allylic oxidation sites excluding steroid dienone is 2. The molecule has 1 saturated carbocycles. The van der Waals surface area contributed by atoms with Crippen molar-refractivity contribution < 1.29 is 9.72 Å². The summed E-state index contributed by atoms with van der Waals surface area (Å²) in [6.45, 7) is 0. The second kappa shape index (κ2) is 5.70. The summed E-state index contributed by atoms with van der Waals surface area (Å²) in [5.74, 6) is -0.0576. The Morgan fingerprint density at radius 1 is 1.08 bits per heavy atom. The van der Waals surface area contributed by atoms with Crippen LogP contribution in [0.5, 0.6) is 0 Å². The Bertz CT molecular complexity index is 998. The summed E-state index contributed by atoms with van der Waals surface area (Å²) >= 11 is 0. The zero-order chi connectivity index (χ0) is 17.4. The predicted molar refractivity (Wildman–Crippen MR) is 95.7 cm³/mol. The number of hydrogen-bond acceptors (Lipinski definition) is 3. The van der Waals surface area contributed by atoms with Crippen molar-refractivity contribution in [2.75, 3.05) is 0 Å². The summed E-state index contributed by atoms with van der Waals surface area (Å²) in [7, 11) is 0. The van der Waals surface area contributed by atoms with Crippen LogP contribution in [0.2, 0.25) is 0 Å². The zero-order valence-electron chi connectivity index (χ0n) is 13.5. The number of rotatable bonds is 5. The van der Waals surface area contributed by atoms with Gasteiger partial charge in [0.1, 0.15) is 0 Å². The van der Waals surface area contributed by atoms with E-state index in [9.17, 15) is 14.9 Å². The molecule has 3 aromatic rings. The van der Waals surface area contributed by atoms with Crippen LogP contribution in [-0.2, 0) is 5.54 Å². The van der Waals surface area contributed by atoms with Gasteiger partial charge in [-0.1, -0.05) is 48.5 Å². The Labute approximate surface area is 144 Å². The maximum atomic E-state index is 12.3. The molecule has 0 unspecified atom stereocenters. The molecule has 0 saturated heterocycles. The number of ketones is 1. The van der Waals surface area contributed by atoms with Gasteiger partial charge in [0.25, 0.3) is 5.69 Å². The van der Waals surface area contributed by atoms with Crippen LogP contribution in [0.1, 0.15) is 23.2 Å². The first-order valence-corrected chi connectivity index (χ1v) is 8.14. The van der Waals surface area contributed by atoms with Gasteiger partial charge in [0.15, 0.2) is 5.78 Å². The molecule has 1 fully saturated rings. The minimum atomic E-state index is -0.353. The fourth-order valence-corrected chi connectivity index (χ4v) is 3.22. The molecule has 1 heterocycles. The smallest absolute Gasteiger partial charge is 0.294 e. The van der Waals surface area contributed by atoms with Gasteiger partial charge in [-0.15, -0.1) is 0 Å². The first kappa shape index (κ1) is 15.3. The minimum absolute atomic E-state index is 0.0576. The van der Waals surface area contributed by atoms with Gasteiger partial charge in [-0.3, -0.25) is 14.9 Å². The van der Waals surface area contributed by atoms with Crippen LogP contribution >= 0.6 is 0 Å². The Morgan fingerprint density at radius 3 is 2.44 bits per heavy atom. The number of hydrogen-bond donors (Lipinski definition) is 0. The molecule has 0 atom stereocenters. The lowest BCUT2D eigenvalue weighted by molar-refractivity contribution is -0.383. The fraction of sp³-hybridized carbons (Fsp3) is 0.150. The molecule has 5 nitrogen and oxygen atoms in total. The van der Waals surface area contributed by atoms with Gasteiger partial charge in [0, 0.05) is 5.56 Å². The molecule has 5 heteroatoms. The normalized spacial score (nSPS) is 15.5. The third-order valence-electron chi connectivity index (χ3n) is 4.73. The molecule has 124 valence electrons. The standard InChI is InChI=1S/C20H16N2O3/c23-19(15-6-2-1-3-7-15)10-11-20(12-13-20)21-14-18(22(24)25)16-8-4-5-9-17(16)21/h1-11,14H,12-13H2/b11-10+. The van der Waals surface area contributed by atoms with Crippen LogP contribution in [0.4, 0.5) is 5.69 Å². The maximum Gasteiger partial charge on any atom is 0.294 e. The molecule has 0 N–H and O–H groups in total. The number of benzene rings is 2. The number of carbonyl (C=O) groups is 1. The number of nitro groups is 1. The van der Waals surface area contributed by atoms with Crippen LogP contribution in [0, 0.1) is 10.1 Å². The van der Waals surface area contributed by atoms with Crippen LogP contribution in [0.25, 0.3) is 10.9 Å². The third kappa shape index (κ3) is 2.63. The molecule has 0 radical (unpaired) electrons. The summed E-state index contributed by atoms with van der Waals surface area (Å²) in [5, 5.41) is 12.0. The Balaban J connectivity index is 1.72. The molecule has 0 bridgehead atoms. The van der Waals surface area contributed by atoms with Gasteiger partial charge in [0.2, 0.25) is 0 Å². The molecule has 25 heavy (non-hydrogen) atoms. The first-order valence-electron chi connectivity index (χ1n) is 8.14. The van der Waals surface area contributed by atoms with Gasteiger partial charge in [-0.25, -0.2) is 0 Å². The van der Waals surface area contributed by atoms with Gasteiger partial charge >= 0.3 is 0 Å². The van der Waals surface area contributed by atoms with Crippen molar-refractivity contribution >= 4 is 22.4 Å². The van der Waals surface area contributed by atoms with Crippen molar-refractivity contribution in [2.24, 2.45) is 0 Å². The molecule has 0 spiro atoms. The summed E-state index contributed by atoms with van der Waals surface area (Å²) in [6.07, 6.45) is 6.79. The Kier molecular flexibility index (Phi) is 3.50. The lowest BCUT2D eigenvalue weighted by Crippen LogP contribution is -2.13. The van der Waals surface area contributed by atoms with Gasteiger partial charge in [-0.05, 0) is 31.1 Å². The number of para-hydroxylation sites is 1. The number of aromatic nitrogens is 1. The van der Waals surface area contributed by atoms with Crippen molar-refractivity contribution in [1.29, 1.82) is 0 Å². The Morgan fingerprint density at radius 2 is 1.76 bits per heavy atom. The quantitative estimate of drug-likeness (QED) is 0.299. The molecular weight excluding hydrogens is 316 g/mol. The first-order chi connectivity index (χ1) is 12.1. The zero-order valence-corrected chi connectivity index (χ0v) is 13.5. The van der Waals surface area contributed by atoms with E-state index in [1.165, 1.54) is 0 Å². The van der Waals surface area contributed by atoms with Crippen LogP contribution in [0.3, 0.4) is 0 Å². The average Bonchev–Trinajstić information content (AvgIpc) is 3.32. The number of carbonyl (C=O) groups excluding carboxylic acids is 1. The van der Waals surface area contributed by atoms with Crippen LogP contribution in [-0.4, -0.2) is 15.3 Å². The molecular formula is C20H16N2O3. The van der Waals surface area contributed by atoms with E-state index < -0.39 is 0 Å². The van der Waals surface area contributed by atoms with E-state index in [1.807, 2.05) is 41.0 Å². The van der Waals surface area contributed by atoms with E-state index in [0.717, 1.165) is 18.4 Å². The van der Waals surface area contributed by atoms with Gasteiger partial charge < -0.3 is 4.57 Å². The summed E-state index contributed by atoms with van der Waals surface area (Å²) < 4.78 is 1.94. The molecule has 2 aromatic carbocycles.